The summed E-state index contributed by atoms with van der Waals surface area (Å²) in [6.07, 6.45) is 1.70. The fraction of sp³-hybridized carbons (Fsp3) is 0.250. The van der Waals surface area contributed by atoms with E-state index in [0.717, 1.165) is 0 Å². The van der Waals surface area contributed by atoms with E-state index in [1.807, 2.05) is 0 Å². The highest BCUT2D eigenvalue weighted by Crippen LogP contribution is 2.26. The summed E-state index contributed by atoms with van der Waals surface area (Å²) in [5.41, 5.74) is 0.762. The third kappa shape index (κ3) is 7.90. The normalized spacial score (nSPS) is 10.2. The van der Waals surface area contributed by atoms with Gasteiger partial charge in [-0.15, -0.1) is 0 Å². The average molecular weight is 454 g/mol. The molecule has 2 aromatic rings. The van der Waals surface area contributed by atoms with Gasteiger partial charge in [-0.3, -0.25) is 9.59 Å². The first kappa shape index (κ1) is 23.5. The van der Waals surface area contributed by atoms with Crippen molar-refractivity contribution in [1.29, 1.82) is 0 Å². The van der Waals surface area contributed by atoms with Gasteiger partial charge in [0.05, 0.1) is 22.2 Å². The summed E-state index contributed by atoms with van der Waals surface area (Å²) in [6.45, 7) is 3.86. The molecule has 0 bridgehead atoms. The second-order valence-electron chi connectivity index (χ2n) is 5.98. The van der Waals surface area contributed by atoms with E-state index in [0.29, 0.717) is 39.4 Å². The van der Waals surface area contributed by atoms with Crippen molar-refractivity contribution in [1.82, 2.24) is 15.6 Å². The molecule has 2 rings (SSSR count). The quantitative estimate of drug-likeness (QED) is 0.482. The number of aromatic nitrogens is 1. The van der Waals surface area contributed by atoms with Gasteiger partial charge in [-0.1, -0.05) is 29.8 Å². The summed E-state index contributed by atoms with van der Waals surface area (Å²) in [6, 6.07) is 7.79. The van der Waals surface area contributed by atoms with Crippen LogP contribution in [0.15, 0.2) is 48.8 Å². The van der Waals surface area contributed by atoms with Crippen molar-refractivity contribution in [3.63, 3.8) is 0 Å². The van der Waals surface area contributed by atoms with Gasteiger partial charge >= 0.3 is 0 Å². The molecular weight excluding hydrogens is 433 g/mol. The van der Waals surface area contributed by atoms with E-state index in [-0.39, 0.29) is 38.2 Å². The zero-order chi connectivity index (χ0) is 21.9. The van der Waals surface area contributed by atoms with E-state index in [4.69, 9.17) is 37.8 Å². The Morgan fingerprint density at radius 3 is 2.60 bits per heavy atom. The molecule has 0 spiro atoms. The number of benzene rings is 1. The smallest absolute Gasteiger partial charge is 0.257 e. The molecule has 3 N–H and O–H groups in total. The van der Waals surface area contributed by atoms with Crippen LogP contribution < -0.4 is 20.1 Å². The molecule has 1 aromatic heterocycles. The highest BCUT2D eigenvalue weighted by Gasteiger charge is 2.09. The molecule has 0 atom stereocenters. The van der Waals surface area contributed by atoms with Gasteiger partial charge in [0.25, 0.3) is 11.8 Å². The van der Waals surface area contributed by atoms with Gasteiger partial charge in [0.1, 0.15) is 12.4 Å². The van der Waals surface area contributed by atoms with Crippen molar-refractivity contribution in [3.05, 3.63) is 64.4 Å². The number of aliphatic hydroxyl groups excluding tert-OH is 1. The lowest BCUT2D eigenvalue weighted by molar-refractivity contribution is -0.123. The van der Waals surface area contributed by atoms with Crippen molar-refractivity contribution < 1.29 is 24.2 Å². The van der Waals surface area contributed by atoms with Gasteiger partial charge < -0.3 is 25.2 Å². The third-order valence-corrected chi connectivity index (χ3v) is 4.38. The molecule has 0 saturated heterocycles. The summed E-state index contributed by atoms with van der Waals surface area (Å²) >= 11 is 11.7. The Kier molecular flexibility index (Phi) is 9.40. The number of carbonyl (C=O) groups is 2. The van der Waals surface area contributed by atoms with Crippen molar-refractivity contribution >= 4 is 35.0 Å². The predicted octanol–water partition coefficient (Wildman–Crippen LogP) is 2.59. The second kappa shape index (κ2) is 12.0. The third-order valence-electron chi connectivity index (χ3n) is 3.64. The van der Waals surface area contributed by atoms with Gasteiger partial charge in [-0.25, -0.2) is 4.98 Å². The largest absolute Gasteiger partial charge is 0.484 e. The van der Waals surface area contributed by atoms with Crippen molar-refractivity contribution in [3.8, 4) is 11.6 Å². The molecule has 160 valence electrons. The number of hydrogen-bond acceptors (Lipinski definition) is 6. The molecule has 2 amide bonds. The van der Waals surface area contributed by atoms with Crippen LogP contribution in [0.25, 0.3) is 0 Å². The van der Waals surface area contributed by atoms with Crippen LogP contribution in [0, 0.1) is 0 Å². The minimum atomic E-state index is -0.379. The Morgan fingerprint density at radius 2 is 1.93 bits per heavy atom. The topological polar surface area (TPSA) is 110 Å². The number of hydrogen-bond donors (Lipinski definition) is 3. The molecule has 0 unspecified atom stereocenters. The first-order valence-electron chi connectivity index (χ1n) is 8.92. The lowest BCUT2D eigenvalue weighted by Crippen LogP contribution is -2.31. The first-order chi connectivity index (χ1) is 14.4. The van der Waals surface area contributed by atoms with Crippen LogP contribution in [0.1, 0.15) is 16.8 Å². The second-order valence-corrected chi connectivity index (χ2v) is 6.79. The van der Waals surface area contributed by atoms with Gasteiger partial charge in [0, 0.05) is 37.0 Å². The number of aliphatic hydroxyl groups is 1. The minimum absolute atomic E-state index is 0.123. The Morgan fingerprint density at radius 1 is 1.13 bits per heavy atom. The van der Waals surface area contributed by atoms with E-state index in [1.165, 1.54) is 18.3 Å². The number of nitrogens with zero attached hydrogens (tertiary/aromatic N) is 1. The summed E-state index contributed by atoms with van der Waals surface area (Å²) in [5, 5.41) is 14.7. The van der Waals surface area contributed by atoms with Crippen molar-refractivity contribution in [2.75, 3.05) is 26.4 Å². The van der Waals surface area contributed by atoms with Crippen LogP contribution in [-0.2, 0) is 4.79 Å². The van der Waals surface area contributed by atoms with Crippen molar-refractivity contribution in [2.24, 2.45) is 0 Å². The summed E-state index contributed by atoms with van der Waals surface area (Å²) in [4.78, 5) is 28.0. The number of amides is 2. The monoisotopic (exact) mass is 453 g/mol. The lowest BCUT2D eigenvalue weighted by atomic mass is 10.2. The van der Waals surface area contributed by atoms with Crippen LogP contribution in [0.5, 0.6) is 11.6 Å². The molecule has 0 fully saturated rings. The summed E-state index contributed by atoms with van der Waals surface area (Å²) in [7, 11) is 0. The number of rotatable bonds is 11. The van der Waals surface area contributed by atoms with E-state index in [2.05, 4.69) is 22.2 Å². The highest BCUT2D eigenvalue weighted by molar-refractivity contribution is 6.42. The molecule has 0 aliphatic heterocycles. The molecule has 30 heavy (non-hydrogen) atoms. The predicted molar refractivity (Wildman–Crippen MR) is 113 cm³/mol. The van der Waals surface area contributed by atoms with E-state index < -0.39 is 0 Å². The maximum Gasteiger partial charge on any atom is 0.257 e. The molecule has 10 heteroatoms. The molecule has 1 aromatic carbocycles. The standard InChI is InChI=1S/C20H21Cl2N3O5/c1-13(25-20(28)14-2-5-19(24-11-14)29-9-8-26)6-7-23-18(27)12-30-15-3-4-16(21)17(22)10-15/h2-5,10-11,26H,1,6-9,12H2,(H,23,27)(H,25,28). The lowest BCUT2D eigenvalue weighted by Gasteiger charge is -2.11. The first-order valence-corrected chi connectivity index (χ1v) is 9.68. The van der Waals surface area contributed by atoms with Crippen LogP contribution in [-0.4, -0.2) is 48.3 Å². The molecule has 1 heterocycles. The number of ether oxygens (including phenoxy) is 2. The summed E-state index contributed by atoms with van der Waals surface area (Å²) in [5.74, 6) is 0.0289. The SMILES string of the molecule is C=C(CCNC(=O)COc1ccc(Cl)c(Cl)c1)NC(=O)c1ccc(OCCO)nc1. The zero-order valence-electron chi connectivity index (χ0n) is 16.0. The molecule has 0 aliphatic rings. The zero-order valence-corrected chi connectivity index (χ0v) is 17.5. The van der Waals surface area contributed by atoms with Gasteiger partial charge in [0.15, 0.2) is 6.61 Å². The highest BCUT2D eigenvalue weighted by atomic mass is 35.5. The summed E-state index contributed by atoms with van der Waals surface area (Å²) < 4.78 is 10.5. The number of halogens is 2. The van der Waals surface area contributed by atoms with E-state index in [1.54, 1.807) is 18.2 Å². The van der Waals surface area contributed by atoms with Crippen LogP contribution in [0.2, 0.25) is 10.0 Å². The Hall–Kier alpha value is -2.81. The van der Waals surface area contributed by atoms with Gasteiger partial charge in [-0.05, 0) is 18.2 Å². The fourth-order valence-electron chi connectivity index (χ4n) is 2.16. The van der Waals surface area contributed by atoms with E-state index >= 15 is 0 Å². The maximum atomic E-state index is 12.2. The van der Waals surface area contributed by atoms with Gasteiger partial charge in [0.2, 0.25) is 5.88 Å². The van der Waals surface area contributed by atoms with Crippen LogP contribution in [0.4, 0.5) is 0 Å². The van der Waals surface area contributed by atoms with Crippen LogP contribution in [0.3, 0.4) is 0 Å². The number of carbonyl (C=O) groups excluding carboxylic acids is 2. The fourth-order valence-corrected chi connectivity index (χ4v) is 2.45. The molecule has 0 saturated carbocycles. The van der Waals surface area contributed by atoms with Crippen molar-refractivity contribution in [2.45, 2.75) is 6.42 Å². The Labute approximate surface area is 183 Å². The Bertz CT molecular complexity index is 891. The molecule has 8 nitrogen and oxygen atoms in total. The molecular formula is C20H21Cl2N3O5. The average Bonchev–Trinajstić information content (AvgIpc) is 2.73. The minimum Gasteiger partial charge on any atom is -0.484 e. The molecule has 0 aliphatic carbocycles. The van der Waals surface area contributed by atoms with E-state index in [9.17, 15) is 9.59 Å². The maximum absolute atomic E-state index is 12.2. The van der Waals surface area contributed by atoms with Crippen LogP contribution >= 0.6 is 23.2 Å². The Balaban J connectivity index is 1.67. The number of nitrogens with one attached hydrogen (secondary N) is 2. The number of pyridine rings is 1. The molecule has 0 radical (unpaired) electrons. The van der Waals surface area contributed by atoms with Gasteiger partial charge in [-0.2, -0.15) is 0 Å².